The van der Waals surface area contributed by atoms with Crippen LogP contribution in [-0.2, 0) is 0 Å². The number of allylic oxidation sites excluding steroid dienone is 2. The van der Waals surface area contributed by atoms with E-state index in [-0.39, 0.29) is 38.6 Å². The first-order chi connectivity index (χ1) is 7.95. The number of ketones is 2. The topological polar surface area (TPSA) is 57.6 Å². The summed E-state index contributed by atoms with van der Waals surface area (Å²) in [4.78, 5) is 25.8. The number of carbonyl (C=O) groups is 2. The molecule has 88 valence electrons. The molecule has 1 aromatic rings. The molecule has 2 rings (SSSR count). The molecule has 0 radical (unpaired) electrons. The van der Waals surface area contributed by atoms with Gasteiger partial charge in [-0.3, -0.25) is 9.59 Å². The highest BCUT2D eigenvalue weighted by Gasteiger charge is 2.34. The molecule has 0 atom stereocenters. The van der Waals surface area contributed by atoms with Crippen molar-refractivity contribution in [1.29, 1.82) is 0 Å². The number of nitrogens with zero attached hydrogens (tertiary/aromatic N) is 1. The Hall–Kier alpha value is -1.62. The average molecular weight is 296 g/mol. The van der Waals surface area contributed by atoms with E-state index in [0.717, 1.165) is 0 Å². The number of Topliss-reactive ketones (excluding diaryl/α,β-unsaturated/α-hetero) is 2. The molecule has 1 aromatic carbocycles. The summed E-state index contributed by atoms with van der Waals surface area (Å²) < 4.78 is 0.227. The number of aromatic hydroxyl groups is 1. The van der Waals surface area contributed by atoms with Crippen LogP contribution in [0.25, 0.3) is 0 Å². The number of phenolic OH excluding ortho intramolecular Hbond substituents is 1. The molecule has 0 fully saturated rings. The van der Waals surface area contributed by atoms with Crippen molar-refractivity contribution in [1.82, 2.24) is 4.90 Å². The van der Waals surface area contributed by atoms with Crippen molar-refractivity contribution in [2.75, 3.05) is 14.1 Å². The van der Waals surface area contributed by atoms with Crippen LogP contribution in [0.2, 0.25) is 0 Å². The Kier molecular flexibility index (Phi) is 2.79. The molecule has 5 heteroatoms. The zero-order valence-corrected chi connectivity index (χ0v) is 10.9. The van der Waals surface area contributed by atoms with Gasteiger partial charge in [0, 0.05) is 19.7 Å². The zero-order valence-electron chi connectivity index (χ0n) is 9.32. The Morgan fingerprint density at radius 3 is 2.41 bits per heavy atom. The van der Waals surface area contributed by atoms with Gasteiger partial charge in [0.25, 0.3) is 0 Å². The Morgan fingerprint density at radius 1 is 1.18 bits per heavy atom. The van der Waals surface area contributed by atoms with Gasteiger partial charge in [0.05, 0.1) is 10.0 Å². The summed E-state index contributed by atoms with van der Waals surface area (Å²) >= 11 is 3.14. The fourth-order valence-corrected chi connectivity index (χ4v) is 2.56. The second-order valence-corrected chi connectivity index (χ2v) is 4.71. The van der Waals surface area contributed by atoms with E-state index in [4.69, 9.17) is 0 Å². The number of hydrogen-bond donors (Lipinski definition) is 1. The molecular formula is C12H10BrNO3. The summed E-state index contributed by atoms with van der Waals surface area (Å²) in [5.41, 5.74) is 0.556. The van der Waals surface area contributed by atoms with E-state index in [2.05, 4.69) is 15.9 Å². The molecule has 0 bridgehead atoms. The molecule has 17 heavy (non-hydrogen) atoms. The summed E-state index contributed by atoms with van der Waals surface area (Å²) in [5.74, 6) is -0.811. The fraction of sp³-hybridized carbons (Fsp3) is 0.167. The minimum Gasteiger partial charge on any atom is -0.507 e. The average Bonchev–Trinajstić information content (AvgIpc) is 2.25. The summed E-state index contributed by atoms with van der Waals surface area (Å²) in [6.07, 6.45) is 0. The number of carbonyl (C=O) groups excluding carboxylic acids is 2. The van der Waals surface area contributed by atoms with Crippen molar-refractivity contribution in [2.24, 2.45) is 0 Å². The highest BCUT2D eigenvalue weighted by Crippen LogP contribution is 2.34. The molecule has 0 saturated carbocycles. The van der Waals surface area contributed by atoms with E-state index in [1.54, 1.807) is 25.1 Å². The Labute approximate surface area is 107 Å². The lowest BCUT2D eigenvalue weighted by atomic mass is 9.91. The number of rotatable bonds is 1. The third-order valence-corrected chi connectivity index (χ3v) is 3.32. The Morgan fingerprint density at radius 2 is 1.82 bits per heavy atom. The van der Waals surface area contributed by atoms with Gasteiger partial charge in [-0.1, -0.05) is 6.07 Å². The number of phenols is 1. The lowest BCUT2D eigenvalue weighted by Crippen LogP contribution is -2.28. The lowest BCUT2D eigenvalue weighted by molar-refractivity contribution is 0.0957. The summed E-state index contributed by atoms with van der Waals surface area (Å²) in [6, 6.07) is 4.47. The number of hydrogen-bond acceptors (Lipinski definition) is 4. The number of benzene rings is 1. The predicted molar refractivity (Wildman–Crippen MR) is 66.4 cm³/mol. The molecule has 0 amide bonds. The molecule has 4 nitrogen and oxygen atoms in total. The molecule has 0 heterocycles. The quantitative estimate of drug-likeness (QED) is 0.860. The van der Waals surface area contributed by atoms with E-state index >= 15 is 0 Å². The third kappa shape index (κ3) is 1.67. The molecule has 1 N–H and O–H groups in total. The van der Waals surface area contributed by atoms with Crippen molar-refractivity contribution < 1.29 is 14.7 Å². The van der Waals surface area contributed by atoms with Crippen LogP contribution in [0, 0.1) is 0 Å². The first kappa shape index (κ1) is 11.9. The van der Waals surface area contributed by atoms with E-state index in [1.807, 2.05) is 0 Å². The van der Waals surface area contributed by atoms with Crippen LogP contribution >= 0.6 is 15.9 Å². The van der Waals surface area contributed by atoms with Crippen LogP contribution in [0.4, 0.5) is 0 Å². The smallest absolute Gasteiger partial charge is 0.214 e. The molecule has 0 unspecified atom stereocenters. The van der Waals surface area contributed by atoms with Crippen LogP contribution in [0.1, 0.15) is 20.7 Å². The maximum Gasteiger partial charge on any atom is 0.214 e. The van der Waals surface area contributed by atoms with Crippen LogP contribution in [0.5, 0.6) is 5.75 Å². The van der Waals surface area contributed by atoms with E-state index < -0.39 is 0 Å². The maximum absolute atomic E-state index is 12.2. The molecular weight excluding hydrogens is 286 g/mol. The monoisotopic (exact) mass is 295 g/mol. The maximum atomic E-state index is 12.2. The SMILES string of the molecule is CN(C)C1=C(Br)C(=O)c2cccc(O)c2C1=O. The second-order valence-electron chi connectivity index (χ2n) is 3.91. The normalized spacial score (nSPS) is 15.0. The van der Waals surface area contributed by atoms with Crippen LogP contribution in [0.15, 0.2) is 28.4 Å². The standard InChI is InChI=1S/C12H10BrNO3/c1-14(2)10-9(13)11(16)6-4-3-5-7(15)8(6)12(10)17/h3-5,15H,1-2H3. The number of likely N-dealkylation sites (N-methyl/N-ethyl adjacent to an activating group) is 1. The fourth-order valence-electron chi connectivity index (χ4n) is 1.81. The van der Waals surface area contributed by atoms with E-state index in [9.17, 15) is 14.7 Å². The number of halogens is 1. The highest BCUT2D eigenvalue weighted by atomic mass is 79.9. The van der Waals surface area contributed by atoms with Gasteiger partial charge >= 0.3 is 0 Å². The first-order valence-electron chi connectivity index (χ1n) is 4.93. The van der Waals surface area contributed by atoms with E-state index in [1.165, 1.54) is 12.1 Å². The van der Waals surface area contributed by atoms with Crippen LogP contribution < -0.4 is 0 Å². The van der Waals surface area contributed by atoms with Gasteiger partial charge in [-0.25, -0.2) is 0 Å². The Balaban J connectivity index is 2.74. The minimum absolute atomic E-state index is 0.0735. The molecule has 0 aliphatic heterocycles. The van der Waals surface area contributed by atoms with Gasteiger partial charge in [0.15, 0.2) is 0 Å². The first-order valence-corrected chi connectivity index (χ1v) is 5.73. The van der Waals surface area contributed by atoms with Crippen molar-refractivity contribution in [3.05, 3.63) is 39.5 Å². The number of fused-ring (bicyclic) bond motifs is 1. The second kappa shape index (κ2) is 4.00. The van der Waals surface area contributed by atoms with Gasteiger partial charge in [-0.15, -0.1) is 0 Å². The van der Waals surface area contributed by atoms with Crippen molar-refractivity contribution >= 4 is 27.5 Å². The van der Waals surface area contributed by atoms with Crippen LogP contribution in [0.3, 0.4) is 0 Å². The van der Waals surface area contributed by atoms with Gasteiger partial charge in [-0.2, -0.15) is 0 Å². The molecule has 1 aliphatic carbocycles. The molecule has 1 aliphatic rings. The van der Waals surface area contributed by atoms with E-state index in [0.29, 0.717) is 0 Å². The van der Waals surface area contributed by atoms with Gasteiger partial charge < -0.3 is 10.0 Å². The lowest BCUT2D eigenvalue weighted by Gasteiger charge is -2.23. The summed E-state index contributed by atoms with van der Waals surface area (Å²) in [5, 5.41) is 9.70. The minimum atomic E-state index is -0.352. The zero-order chi connectivity index (χ0) is 12.7. The molecule has 0 aromatic heterocycles. The predicted octanol–water partition coefficient (Wildman–Crippen LogP) is 1.94. The Bertz CT molecular complexity index is 561. The summed E-state index contributed by atoms with van der Waals surface area (Å²) in [7, 11) is 3.35. The van der Waals surface area contributed by atoms with Crippen molar-refractivity contribution in [2.45, 2.75) is 0 Å². The van der Waals surface area contributed by atoms with Gasteiger partial charge in [-0.05, 0) is 28.1 Å². The van der Waals surface area contributed by atoms with Gasteiger partial charge in [0.2, 0.25) is 11.6 Å². The van der Waals surface area contributed by atoms with Crippen molar-refractivity contribution in [3.63, 3.8) is 0 Å². The van der Waals surface area contributed by atoms with Crippen molar-refractivity contribution in [3.8, 4) is 5.75 Å². The van der Waals surface area contributed by atoms with Crippen LogP contribution in [-0.4, -0.2) is 35.7 Å². The summed E-state index contributed by atoms with van der Waals surface area (Å²) in [6.45, 7) is 0. The highest BCUT2D eigenvalue weighted by molar-refractivity contribution is 9.12. The van der Waals surface area contributed by atoms with Gasteiger partial charge in [0.1, 0.15) is 11.4 Å². The third-order valence-electron chi connectivity index (χ3n) is 2.58. The molecule has 0 spiro atoms. The largest absolute Gasteiger partial charge is 0.507 e. The molecule has 0 saturated heterocycles.